The average Bonchev–Trinajstić information content (AvgIpc) is 3.29. The molecule has 0 saturated heterocycles. The Kier molecular flexibility index (Phi) is 2.93. The summed E-state index contributed by atoms with van der Waals surface area (Å²) in [6.07, 6.45) is 7.18. The normalized spacial score (nSPS) is 10.7. The van der Waals surface area contributed by atoms with Gasteiger partial charge in [-0.1, -0.05) is 12.1 Å². The second-order valence-electron chi connectivity index (χ2n) is 4.68. The molecule has 0 aliphatic rings. The van der Waals surface area contributed by atoms with Crippen molar-refractivity contribution in [2.45, 2.75) is 0 Å². The molecule has 0 bridgehead atoms. The van der Waals surface area contributed by atoms with Crippen LogP contribution in [0.2, 0.25) is 0 Å². The first-order valence-corrected chi connectivity index (χ1v) is 6.69. The third-order valence-corrected chi connectivity index (χ3v) is 3.33. The van der Waals surface area contributed by atoms with Crippen molar-refractivity contribution >= 4 is 0 Å². The highest BCUT2D eigenvalue weighted by molar-refractivity contribution is 5.63. The Bertz CT molecular complexity index is 772. The topological polar surface area (TPSA) is 85.2 Å². The van der Waals surface area contributed by atoms with Crippen molar-refractivity contribution in [3.05, 3.63) is 61.3 Å². The van der Waals surface area contributed by atoms with E-state index in [0.29, 0.717) is 5.82 Å². The molecule has 1 N–H and O–H groups in total. The predicted octanol–water partition coefficient (Wildman–Crippen LogP) is 2.11. The number of aromatic amines is 1. The fourth-order valence-electron chi connectivity index (χ4n) is 2.20. The molecule has 0 amide bonds. The van der Waals surface area contributed by atoms with Crippen LogP contribution in [0.4, 0.5) is 0 Å². The summed E-state index contributed by atoms with van der Waals surface area (Å²) in [5.41, 5.74) is 3.82. The van der Waals surface area contributed by atoms with Crippen LogP contribution in [-0.4, -0.2) is 35.2 Å². The van der Waals surface area contributed by atoms with Crippen molar-refractivity contribution in [1.29, 1.82) is 0 Å². The highest BCUT2D eigenvalue weighted by Gasteiger charge is 2.05. The second-order valence-corrected chi connectivity index (χ2v) is 4.68. The molecule has 3 aromatic heterocycles. The number of aromatic nitrogens is 7. The minimum Gasteiger partial charge on any atom is -0.306 e. The molecule has 0 fully saturated rings. The number of nitrogens with one attached hydrogen (secondary N) is 1. The average molecular weight is 289 g/mol. The fourth-order valence-corrected chi connectivity index (χ4v) is 2.20. The predicted molar refractivity (Wildman–Crippen MR) is 80.0 cm³/mol. The van der Waals surface area contributed by atoms with Gasteiger partial charge >= 0.3 is 0 Å². The maximum Gasteiger partial charge on any atom is 0.206 e. The fraction of sp³-hybridized carbons (Fsp3) is 0. The number of nitrogens with zero attached hydrogens (tertiary/aromatic N) is 6. The molecule has 22 heavy (non-hydrogen) atoms. The van der Waals surface area contributed by atoms with E-state index in [-0.39, 0.29) is 0 Å². The van der Waals surface area contributed by atoms with E-state index in [4.69, 9.17) is 0 Å². The van der Waals surface area contributed by atoms with Crippen LogP contribution in [0.25, 0.3) is 28.3 Å². The van der Waals surface area contributed by atoms with E-state index in [1.807, 2.05) is 47.2 Å². The molecule has 7 heteroatoms. The Labute approximate surface area is 125 Å². The van der Waals surface area contributed by atoms with Crippen LogP contribution in [0.3, 0.4) is 0 Å². The molecule has 7 nitrogen and oxygen atoms in total. The summed E-state index contributed by atoms with van der Waals surface area (Å²) < 4.78 is 1.95. The molecule has 0 saturated carbocycles. The quantitative estimate of drug-likeness (QED) is 0.624. The molecule has 0 radical (unpaired) electrons. The molecule has 0 spiro atoms. The largest absolute Gasteiger partial charge is 0.306 e. The number of pyridine rings is 1. The third kappa shape index (κ3) is 2.24. The van der Waals surface area contributed by atoms with E-state index in [0.717, 1.165) is 22.5 Å². The standard InChI is InChI=1S/C15H11N7/c1-4-13(22-8-7-16-10-22)5-2-11(1)14-6-3-12(9-17-14)15-18-20-21-19-15/h1-10H,(H,18,19,20,21). The van der Waals surface area contributed by atoms with E-state index in [2.05, 4.69) is 30.6 Å². The Balaban J connectivity index is 1.62. The van der Waals surface area contributed by atoms with Gasteiger partial charge < -0.3 is 4.57 Å². The Hall–Kier alpha value is -3.35. The van der Waals surface area contributed by atoms with Crippen LogP contribution in [0.15, 0.2) is 61.3 Å². The van der Waals surface area contributed by atoms with Gasteiger partial charge in [-0.15, -0.1) is 10.2 Å². The zero-order valence-corrected chi connectivity index (χ0v) is 11.5. The number of rotatable bonds is 3. The number of benzene rings is 1. The van der Waals surface area contributed by atoms with Crippen molar-refractivity contribution in [1.82, 2.24) is 35.2 Å². The maximum atomic E-state index is 4.46. The van der Waals surface area contributed by atoms with Gasteiger partial charge in [0.05, 0.1) is 12.0 Å². The van der Waals surface area contributed by atoms with Crippen LogP contribution < -0.4 is 0 Å². The van der Waals surface area contributed by atoms with Gasteiger partial charge in [-0.25, -0.2) is 4.98 Å². The van der Waals surface area contributed by atoms with Gasteiger partial charge in [-0.3, -0.25) is 4.98 Å². The lowest BCUT2D eigenvalue weighted by Crippen LogP contribution is -1.90. The lowest BCUT2D eigenvalue weighted by atomic mass is 10.1. The number of imidazole rings is 1. The first-order chi connectivity index (χ1) is 10.9. The lowest BCUT2D eigenvalue weighted by Gasteiger charge is -2.05. The summed E-state index contributed by atoms with van der Waals surface area (Å²) in [6.45, 7) is 0. The van der Waals surface area contributed by atoms with Gasteiger partial charge in [0.2, 0.25) is 5.82 Å². The zero-order valence-electron chi connectivity index (χ0n) is 11.5. The number of H-pyrrole nitrogens is 1. The lowest BCUT2D eigenvalue weighted by molar-refractivity contribution is 0.881. The van der Waals surface area contributed by atoms with Crippen LogP contribution in [0, 0.1) is 0 Å². The van der Waals surface area contributed by atoms with Gasteiger partial charge in [-0.2, -0.15) is 5.21 Å². The Morgan fingerprint density at radius 1 is 0.955 bits per heavy atom. The van der Waals surface area contributed by atoms with Gasteiger partial charge in [0, 0.05) is 35.4 Å². The van der Waals surface area contributed by atoms with Gasteiger partial charge in [-0.05, 0) is 29.5 Å². The SMILES string of the molecule is c1cn(-c2ccc(-c3ccc(-c4nn[nH]n4)cn3)cc2)cn1. The van der Waals surface area contributed by atoms with Gasteiger partial charge in [0.1, 0.15) is 0 Å². The minimum atomic E-state index is 0.537. The molecule has 3 heterocycles. The van der Waals surface area contributed by atoms with Crippen molar-refractivity contribution in [2.75, 3.05) is 0 Å². The third-order valence-electron chi connectivity index (χ3n) is 3.33. The van der Waals surface area contributed by atoms with Gasteiger partial charge in [0.15, 0.2) is 0 Å². The second kappa shape index (κ2) is 5.21. The van der Waals surface area contributed by atoms with Crippen LogP contribution in [0.1, 0.15) is 0 Å². The van der Waals surface area contributed by atoms with E-state index in [1.54, 1.807) is 18.7 Å². The molecule has 4 rings (SSSR count). The highest BCUT2D eigenvalue weighted by atomic mass is 15.5. The summed E-state index contributed by atoms with van der Waals surface area (Å²) in [4.78, 5) is 8.50. The van der Waals surface area contributed by atoms with Crippen molar-refractivity contribution < 1.29 is 0 Å². The van der Waals surface area contributed by atoms with Crippen molar-refractivity contribution in [3.8, 4) is 28.3 Å². The maximum absolute atomic E-state index is 4.46. The summed E-state index contributed by atoms with van der Waals surface area (Å²) in [7, 11) is 0. The minimum absolute atomic E-state index is 0.537. The van der Waals surface area contributed by atoms with Gasteiger partial charge in [0.25, 0.3) is 0 Å². The smallest absolute Gasteiger partial charge is 0.206 e. The summed E-state index contributed by atoms with van der Waals surface area (Å²) >= 11 is 0. The van der Waals surface area contributed by atoms with Crippen LogP contribution in [0.5, 0.6) is 0 Å². The zero-order chi connectivity index (χ0) is 14.8. The summed E-state index contributed by atoms with van der Waals surface area (Å²) in [5.74, 6) is 0.537. The van der Waals surface area contributed by atoms with E-state index >= 15 is 0 Å². The monoisotopic (exact) mass is 289 g/mol. The molecular weight excluding hydrogens is 278 g/mol. The van der Waals surface area contributed by atoms with E-state index in [9.17, 15) is 0 Å². The molecule has 4 aromatic rings. The van der Waals surface area contributed by atoms with Crippen LogP contribution in [-0.2, 0) is 0 Å². The Morgan fingerprint density at radius 2 is 1.82 bits per heavy atom. The van der Waals surface area contributed by atoms with Crippen molar-refractivity contribution in [2.24, 2.45) is 0 Å². The molecule has 0 aliphatic heterocycles. The first kappa shape index (κ1) is 12.4. The van der Waals surface area contributed by atoms with Crippen LogP contribution >= 0.6 is 0 Å². The number of hydrogen-bond donors (Lipinski definition) is 1. The summed E-state index contributed by atoms with van der Waals surface area (Å²) in [6, 6.07) is 12.0. The highest BCUT2D eigenvalue weighted by Crippen LogP contribution is 2.21. The molecular formula is C15H11N7. The first-order valence-electron chi connectivity index (χ1n) is 6.69. The molecule has 106 valence electrons. The number of tetrazole rings is 1. The van der Waals surface area contributed by atoms with E-state index < -0.39 is 0 Å². The molecule has 1 aromatic carbocycles. The molecule has 0 atom stereocenters. The van der Waals surface area contributed by atoms with Crippen molar-refractivity contribution in [3.63, 3.8) is 0 Å². The molecule has 0 aliphatic carbocycles. The molecule has 0 unspecified atom stereocenters. The summed E-state index contributed by atoms with van der Waals surface area (Å²) in [5, 5.41) is 13.8. The van der Waals surface area contributed by atoms with E-state index in [1.165, 1.54) is 0 Å². The Morgan fingerprint density at radius 3 is 2.45 bits per heavy atom. The number of hydrogen-bond acceptors (Lipinski definition) is 5.